The van der Waals surface area contributed by atoms with Crippen molar-refractivity contribution in [2.24, 2.45) is 0 Å². The zero-order chi connectivity index (χ0) is 19.8. The van der Waals surface area contributed by atoms with Crippen LogP contribution in [-0.2, 0) is 19.9 Å². The van der Waals surface area contributed by atoms with E-state index in [9.17, 15) is 16.8 Å². The van der Waals surface area contributed by atoms with Crippen LogP contribution in [0, 0.1) is 6.92 Å². The van der Waals surface area contributed by atoms with Gasteiger partial charge in [0.25, 0.3) is 0 Å². The lowest BCUT2D eigenvalue weighted by Crippen LogP contribution is -2.49. The van der Waals surface area contributed by atoms with Gasteiger partial charge in [0.05, 0.1) is 14.8 Å². The van der Waals surface area contributed by atoms with Crippen LogP contribution in [0.4, 0.5) is 5.82 Å². The maximum atomic E-state index is 13.1. The van der Waals surface area contributed by atoms with Gasteiger partial charge < -0.3 is 4.90 Å². The summed E-state index contributed by atoms with van der Waals surface area (Å²) in [4.78, 5) is 6.21. The van der Waals surface area contributed by atoms with Crippen LogP contribution in [0.25, 0.3) is 0 Å². The third kappa shape index (κ3) is 4.11. The van der Waals surface area contributed by atoms with E-state index in [-0.39, 0.29) is 22.9 Å². The summed E-state index contributed by atoms with van der Waals surface area (Å²) in [5, 5.41) is 0.519. The van der Waals surface area contributed by atoms with Gasteiger partial charge in [0.15, 0.2) is 9.84 Å². The molecule has 1 aliphatic heterocycles. The molecule has 10 heteroatoms. The Morgan fingerprint density at radius 1 is 1.04 bits per heavy atom. The van der Waals surface area contributed by atoms with E-state index >= 15 is 0 Å². The van der Waals surface area contributed by atoms with Gasteiger partial charge in [-0.15, -0.1) is 0 Å². The van der Waals surface area contributed by atoms with Crippen molar-refractivity contribution in [1.29, 1.82) is 0 Å². The Balaban J connectivity index is 1.85. The molecule has 0 saturated carbocycles. The Labute approximate surface area is 164 Å². The number of nitrogens with zero attached hydrogens (tertiary/aromatic N) is 3. The molecule has 27 heavy (non-hydrogen) atoms. The molecule has 0 radical (unpaired) electrons. The van der Waals surface area contributed by atoms with E-state index in [1.807, 2.05) is 4.90 Å². The Morgan fingerprint density at radius 2 is 1.70 bits per heavy atom. The number of sulfonamides is 1. The standard InChI is InChI=1S/C17H20ClN3O4S2/c1-13-5-6-14(26(2,22)23)12-16(13)27(24,25)21-10-8-20(9-11-21)17-15(18)4-3-7-19-17/h3-7,12H,8-11H2,1-2H3. The zero-order valence-corrected chi connectivity index (χ0v) is 17.4. The van der Waals surface area contributed by atoms with E-state index < -0.39 is 19.9 Å². The number of hydrogen-bond donors (Lipinski definition) is 0. The van der Waals surface area contributed by atoms with Crippen molar-refractivity contribution in [2.45, 2.75) is 16.7 Å². The van der Waals surface area contributed by atoms with Gasteiger partial charge in [-0.25, -0.2) is 21.8 Å². The minimum absolute atomic E-state index is 0.00872. The summed E-state index contributed by atoms with van der Waals surface area (Å²) >= 11 is 6.17. The van der Waals surface area contributed by atoms with Crippen LogP contribution in [0.3, 0.4) is 0 Å². The minimum atomic E-state index is -3.80. The summed E-state index contributed by atoms with van der Waals surface area (Å²) in [6.45, 7) is 3.07. The summed E-state index contributed by atoms with van der Waals surface area (Å²) in [7, 11) is -7.30. The van der Waals surface area contributed by atoms with Crippen molar-refractivity contribution >= 4 is 37.3 Å². The number of benzene rings is 1. The number of rotatable bonds is 4. The summed E-state index contributed by atoms with van der Waals surface area (Å²) in [6.07, 6.45) is 2.70. The third-order valence-corrected chi connectivity index (χ3v) is 7.93. The van der Waals surface area contributed by atoms with Crippen LogP contribution >= 0.6 is 11.6 Å². The van der Waals surface area contributed by atoms with Gasteiger partial charge in [-0.05, 0) is 36.8 Å². The number of aryl methyl sites for hydroxylation is 1. The fourth-order valence-corrected chi connectivity index (χ4v) is 5.61. The largest absolute Gasteiger partial charge is 0.353 e. The van der Waals surface area contributed by atoms with Gasteiger partial charge in [-0.3, -0.25) is 0 Å². The molecule has 0 bridgehead atoms. The van der Waals surface area contributed by atoms with Gasteiger partial charge in [-0.2, -0.15) is 4.31 Å². The Kier molecular flexibility index (Phi) is 5.49. The lowest BCUT2D eigenvalue weighted by atomic mass is 10.2. The van der Waals surface area contributed by atoms with E-state index in [2.05, 4.69) is 4.98 Å². The van der Waals surface area contributed by atoms with E-state index in [0.29, 0.717) is 29.5 Å². The molecule has 2 aromatic rings. The first-order valence-corrected chi connectivity index (χ1v) is 12.0. The summed E-state index contributed by atoms with van der Waals surface area (Å²) < 4.78 is 51.1. The second-order valence-corrected chi connectivity index (χ2v) is 10.7. The molecule has 1 aliphatic rings. The quantitative estimate of drug-likeness (QED) is 0.738. The van der Waals surface area contributed by atoms with Crippen molar-refractivity contribution in [3.05, 3.63) is 47.1 Å². The predicted molar refractivity (Wildman–Crippen MR) is 105 cm³/mol. The number of halogens is 1. The summed E-state index contributed by atoms with van der Waals surface area (Å²) in [5.41, 5.74) is 0.512. The van der Waals surface area contributed by atoms with Gasteiger partial charge in [-0.1, -0.05) is 17.7 Å². The van der Waals surface area contributed by atoms with Crippen LogP contribution in [0.15, 0.2) is 46.3 Å². The molecule has 1 aromatic carbocycles. The average Bonchev–Trinajstić information content (AvgIpc) is 2.61. The number of sulfone groups is 1. The molecular weight excluding hydrogens is 410 g/mol. The van der Waals surface area contributed by atoms with Crippen molar-refractivity contribution in [1.82, 2.24) is 9.29 Å². The SMILES string of the molecule is Cc1ccc(S(C)(=O)=O)cc1S(=O)(=O)N1CCN(c2ncccc2Cl)CC1. The van der Waals surface area contributed by atoms with Crippen molar-refractivity contribution in [3.63, 3.8) is 0 Å². The topological polar surface area (TPSA) is 87.6 Å². The Bertz CT molecular complexity index is 1060. The average molecular weight is 430 g/mol. The third-order valence-electron chi connectivity index (χ3n) is 4.48. The highest BCUT2D eigenvalue weighted by atomic mass is 35.5. The normalized spacial score (nSPS) is 16.5. The van der Waals surface area contributed by atoms with E-state index in [1.165, 1.54) is 22.5 Å². The number of anilines is 1. The highest BCUT2D eigenvalue weighted by Gasteiger charge is 2.31. The van der Waals surface area contributed by atoms with E-state index in [0.717, 1.165) is 6.26 Å². The molecule has 0 aliphatic carbocycles. The number of aromatic nitrogens is 1. The lowest BCUT2D eigenvalue weighted by molar-refractivity contribution is 0.383. The van der Waals surface area contributed by atoms with Crippen LogP contribution in [0.1, 0.15) is 5.56 Å². The summed E-state index contributed by atoms with van der Waals surface area (Å²) in [5.74, 6) is 0.631. The second-order valence-electron chi connectivity index (χ2n) is 6.40. The first kappa shape index (κ1) is 20.1. The minimum Gasteiger partial charge on any atom is -0.353 e. The van der Waals surface area contributed by atoms with Gasteiger partial charge in [0.1, 0.15) is 5.82 Å². The number of hydrogen-bond acceptors (Lipinski definition) is 6. The number of pyridine rings is 1. The molecular formula is C17H20ClN3O4S2. The summed E-state index contributed by atoms with van der Waals surface area (Å²) in [6, 6.07) is 7.66. The first-order chi connectivity index (χ1) is 12.6. The monoisotopic (exact) mass is 429 g/mol. The van der Waals surface area contributed by atoms with Gasteiger partial charge in [0.2, 0.25) is 10.0 Å². The van der Waals surface area contributed by atoms with Crippen molar-refractivity contribution < 1.29 is 16.8 Å². The van der Waals surface area contributed by atoms with Gasteiger partial charge in [0, 0.05) is 38.6 Å². The molecule has 3 rings (SSSR count). The maximum absolute atomic E-state index is 13.1. The van der Waals surface area contributed by atoms with Crippen LogP contribution in [0.2, 0.25) is 5.02 Å². The molecule has 1 saturated heterocycles. The molecule has 1 fully saturated rings. The van der Waals surface area contributed by atoms with E-state index in [4.69, 9.17) is 11.6 Å². The molecule has 0 atom stereocenters. The Hall–Kier alpha value is -1.68. The fourth-order valence-electron chi connectivity index (χ4n) is 2.98. The van der Waals surface area contributed by atoms with Crippen molar-refractivity contribution in [2.75, 3.05) is 37.3 Å². The highest BCUT2D eigenvalue weighted by molar-refractivity contribution is 7.91. The van der Waals surface area contributed by atoms with Crippen LogP contribution in [0.5, 0.6) is 0 Å². The molecule has 0 amide bonds. The smallest absolute Gasteiger partial charge is 0.243 e. The van der Waals surface area contributed by atoms with Crippen LogP contribution in [-0.4, -0.2) is 58.6 Å². The highest BCUT2D eigenvalue weighted by Crippen LogP contribution is 2.27. The molecule has 0 spiro atoms. The predicted octanol–water partition coefficient (Wildman–Crippen LogP) is 1.96. The Morgan fingerprint density at radius 3 is 2.30 bits per heavy atom. The molecule has 0 unspecified atom stereocenters. The molecule has 0 N–H and O–H groups in total. The molecule has 7 nitrogen and oxygen atoms in total. The molecule has 146 valence electrons. The fraction of sp³-hybridized carbons (Fsp3) is 0.353. The molecule has 1 aromatic heterocycles. The first-order valence-electron chi connectivity index (χ1n) is 8.27. The molecule has 2 heterocycles. The van der Waals surface area contributed by atoms with Crippen molar-refractivity contribution in [3.8, 4) is 0 Å². The van der Waals surface area contributed by atoms with E-state index in [1.54, 1.807) is 25.3 Å². The van der Waals surface area contributed by atoms with Gasteiger partial charge >= 0.3 is 0 Å². The maximum Gasteiger partial charge on any atom is 0.243 e. The second kappa shape index (κ2) is 7.38. The van der Waals surface area contributed by atoms with Crippen LogP contribution < -0.4 is 4.90 Å². The zero-order valence-electron chi connectivity index (χ0n) is 15.0. The lowest BCUT2D eigenvalue weighted by Gasteiger charge is -2.35. The number of piperazine rings is 1.